The number of hydrogen-bond acceptors (Lipinski definition) is 7. The molecule has 1 N–H and O–H groups in total. The summed E-state index contributed by atoms with van der Waals surface area (Å²) in [5.74, 6) is -0.692. The van der Waals surface area contributed by atoms with Gasteiger partial charge in [0.05, 0.1) is 21.8 Å². The largest absolute Gasteiger partial charge is 0.325 e. The molecule has 1 aliphatic rings. The molecule has 2 aromatic carbocycles. The monoisotopic (exact) mass is 510 g/mol. The van der Waals surface area contributed by atoms with Gasteiger partial charge in [-0.1, -0.05) is 12.5 Å². The van der Waals surface area contributed by atoms with Gasteiger partial charge in [-0.2, -0.15) is 4.31 Å². The molecule has 3 rings (SSSR count). The minimum Gasteiger partial charge on any atom is -0.325 e. The Morgan fingerprint density at radius 2 is 1.68 bits per heavy atom. The lowest BCUT2D eigenvalue weighted by Gasteiger charge is -2.26. The van der Waals surface area contributed by atoms with Gasteiger partial charge in [0.1, 0.15) is 6.54 Å². The number of hydrogen-bond donors (Lipinski definition) is 1. The first-order valence-electron chi connectivity index (χ1n) is 10.5. The van der Waals surface area contributed by atoms with Gasteiger partial charge in [0.15, 0.2) is 0 Å². The van der Waals surface area contributed by atoms with Gasteiger partial charge < -0.3 is 5.32 Å². The third-order valence-electron chi connectivity index (χ3n) is 5.45. The first-order valence-corrected chi connectivity index (χ1v) is 13.8. The van der Waals surface area contributed by atoms with E-state index in [0.29, 0.717) is 18.7 Å². The predicted octanol–water partition coefficient (Wildman–Crippen LogP) is 2.48. The number of anilines is 2. The van der Waals surface area contributed by atoms with Crippen LogP contribution in [0.4, 0.5) is 17.1 Å². The summed E-state index contributed by atoms with van der Waals surface area (Å²) in [5.41, 5.74) is 0.442. The smallest absolute Gasteiger partial charge is 0.271 e. The standard InChI is InChI=1S/C21H26N4O7S2/c1-16-6-9-18(25(27)28)14-20(16)24(33(2,29)30)15-21(26)22-17-7-10-19(11-8-17)34(31,32)23-12-4-3-5-13-23/h6-11,14H,3-5,12-13,15H2,1-2H3,(H,22,26). The fraction of sp³-hybridized carbons (Fsp3) is 0.381. The number of benzene rings is 2. The summed E-state index contributed by atoms with van der Waals surface area (Å²) in [6, 6.07) is 9.39. The van der Waals surface area contributed by atoms with Crippen LogP contribution < -0.4 is 9.62 Å². The van der Waals surface area contributed by atoms with Gasteiger partial charge in [-0.25, -0.2) is 16.8 Å². The Bertz CT molecular complexity index is 1290. The highest BCUT2D eigenvalue weighted by Crippen LogP contribution is 2.28. The van der Waals surface area contributed by atoms with Crippen molar-refractivity contribution < 1.29 is 26.6 Å². The van der Waals surface area contributed by atoms with Gasteiger partial charge >= 0.3 is 0 Å². The minimum atomic E-state index is -3.94. The number of nitrogens with zero attached hydrogens (tertiary/aromatic N) is 3. The van der Waals surface area contributed by atoms with Crippen LogP contribution in [0.3, 0.4) is 0 Å². The second-order valence-electron chi connectivity index (χ2n) is 8.03. The van der Waals surface area contributed by atoms with Crippen LogP contribution in [-0.2, 0) is 24.8 Å². The van der Waals surface area contributed by atoms with E-state index in [9.17, 15) is 31.7 Å². The molecule has 13 heteroatoms. The molecule has 0 spiro atoms. The average molecular weight is 511 g/mol. The number of nitro groups is 1. The van der Waals surface area contributed by atoms with E-state index in [0.717, 1.165) is 35.9 Å². The minimum absolute atomic E-state index is 0.0230. The molecule has 0 radical (unpaired) electrons. The molecule has 184 valence electrons. The molecule has 0 aliphatic carbocycles. The molecule has 1 amide bonds. The second kappa shape index (κ2) is 10.1. The molecule has 0 aromatic heterocycles. The van der Waals surface area contributed by atoms with E-state index >= 15 is 0 Å². The number of non-ortho nitro benzene ring substituents is 1. The van der Waals surface area contributed by atoms with E-state index in [-0.39, 0.29) is 22.0 Å². The summed E-state index contributed by atoms with van der Waals surface area (Å²) in [4.78, 5) is 23.2. The molecule has 11 nitrogen and oxygen atoms in total. The van der Waals surface area contributed by atoms with E-state index in [2.05, 4.69) is 5.32 Å². The highest BCUT2D eigenvalue weighted by Gasteiger charge is 2.27. The van der Waals surface area contributed by atoms with Crippen LogP contribution in [0.15, 0.2) is 47.4 Å². The van der Waals surface area contributed by atoms with Gasteiger partial charge in [0.2, 0.25) is 26.0 Å². The number of carbonyl (C=O) groups excluding carboxylic acids is 1. The number of nitro benzene ring substituents is 1. The molecule has 0 saturated carbocycles. The summed E-state index contributed by atoms with van der Waals surface area (Å²) in [5, 5.41) is 13.7. The normalized spacial score (nSPS) is 15.0. The van der Waals surface area contributed by atoms with Crippen LogP contribution in [0.1, 0.15) is 24.8 Å². The zero-order chi connectivity index (χ0) is 25.1. The number of rotatable bonds is 8. The van der Waals surface area contributed by atoms with Crippen molar-refractivity contribution >= 4 is 43.0 Å². The third-order valence-corrected chi connectivity index (χ3v) is 8.49. The molecule has 1 aliphatic heterocycles. The maximum absolute atomic E-state index is 12.8. The fourth-order valence-corrected chi connectivity index (χ4v) is 6.08. The van der Waals surface area contributed by atoms with Gasteiger partial charge in [-0.15, -0.1) is 0 Å². The zero-order valence-corrected chi connectivity index (χ0v) is 20.4. The lowest BCUT2D eigenvalue weighted by atomic mass is 10.2. The van der Waals surface area contributed by atoms with Crippen molar-refractivity contribution in [1.29, 1.82) is 0 Å². The molecule has 1 heterocycles. The Labute approximate surface area is 198 Å². The molecular formula is C21H26N4O7S2. The van der Waals surface area contributed by atoms with Crippen LogP contribution in [0.25, 0.3) is 0 Å². The van der Waals surface area contributed by atoms with Crippen molar-refractivity contribution in [3.8, 4) is 0 Å². The van der Waals surface area contributed by atoms with Crippen LogP contribution in [0.5, 0.6) is 0 Å². The predicted molar refractivity (Wildman–Crippen MR) is 128 cm³/mol. The average Bonchev–Trinajstić information content (AvgIpc) is 2.78. The zero-order valence-electron chi connectivity index (χ0n) is 18.8. The Kier molecular flexibility index (Phi) is 7.58. The van der Waals surface area contributed by atoms with Crippen LogP contribution >= 0.6 is 0 Å². The van der Waals surface area contributed by atoms with Gasteiger partial charge in [-0.05, 0) is 49.6 Å². The molecule has 34 heavy (non-hydrogen) atoms. The Morgan fingerprint density at radius 3 is 2.24 bits per heavy atom. The van der Waals surface area contributed by atoms with Crippen molar-refractivity contribution in [3.63, 3.8) is 0 Å². The number of aryl methyl sites for hydroxylation is 1. The lowest BCUT2D eigenvalue weighted by molar-refractivity contribution is -0.384. The molecule has 0 unspecified atom stereocenters. The van der Waals surface area contributed by atoms with E-state index in [1.165, 1.54) is 40.7 Å². The Hall–Kier alpha value is -3.03. The first-order chi connectivity index (χ1) is 15.9. The van der Waals surface area contributed by atoms with Crippen molar-refractivity contribution in [2.75, 3.05) is 35.5 Å². The molecule has 2 aromatic rings. The van der Waals surface area contributed by atoms with E-state index < -0.39 is 37.4 Å². The number of piperidine rings is 1. The van der Waals surface area contributed by atoms with Gasteiger partial charge in [0.25, 0.3) is 5.69 Å². The maximum Gasteiger partial charge on any atom is 0.271 e. The molecule has 0 bridgehead atoms. The van der Waals surface area contributed by atoms with Crippen molar-refractivity contribution in [2.45, 2.75) is 31.1 Å². The highest BCUT2D eigenvalue weighted by molar-refractivity contribution is 7.92. The topological polar surface area (TPSA) is 147 Å². The number of amides is 1. The van der Waals surface area contributed by atoms with E-state index in [1.807, 2.05) is 0 Å². The highest BCUT2D eigenvalue weighted by atomic mass is 32.2. The molecule has 1 saturated heterocycles. The summed E-state index contributed by atoms with van der Waals surface area (Å²) in [6.07, 6.45) is 3.53. The second-order valence-corrected chi connectivity index (χ2v) is 11.9. The number of sulfonamides is 2. The lowest BCUT2D eigenvalue weighted by Crippen LogP contribution is -2.38. The van der Waals surface area contributed by atoms with E-state index in [4.69, 9.17) is 0 Å². The maximum atomic E-state index is 12.8. The van der Waals surface area contributed by atoms with Crippen molar-refractivity contribution in [1.82, 2.24) is 4.31 Å². The molecule has 0 atom stereocenters. The summed E-state index contributed by atoms with van der Waals surface area (Å²) < 4.78 is 52.5. The van der Waals surface area contributed by atoms with Crippen molar-refractivity contribution in [2.24, 2.45) is 0 Å². The van der Waals surface area contributed by atoms with E-state index in [1.54, 1.807) is 6.92 Å². The van der Waals surface area contributed by atoms with Crippen LogP contribution in [-0.4, -0.2) is 57.9 Å². The summed E-state index contributed by atoms with van der Waals surface area (Å²) in [7, 11) is -7.56. The Balaban J connectivity index is 1.77. The van der Waals surface area contributed by atoms with Crippen LogP contribution in [0.2, 0.25) is 0 Å². The third kappa shape index (κ3) is 5.90. The van der Waals surface area contributed by atoms with Crippen molar-refractivity contribution in [3.05, 3.63) is 58.1 Å². The Morgan fingerprint density at radius 1 is 1.06 bits per heavy atom. The first kappa shape index (κ1) is 25.6. The molecule has 1 fully saturated rings. The number of carbonyl (C=O) groups is 1. The van der Waals surface area contributed by atoms with Gasteiger partial charge in [0, 0.05) is 30.9 Å². The SMILES string of the molecule is Cc1ccc([N+](=O)[O-])cc1N(CC(=O)Nc1ccc(S(=O)(=O)N2CCCCC2)cc1)S(C)(=O)=O. The number of nitrogens with one attached hydrogen (secondary N) is 1. The molecular weight excluding hydrogens is 484 g/mol. The van der Waals surface area contributed by atoms with Gasteiger partial charge in [-0.3, -0.25) is 19.2 Å². The fourth-order valence-electron chi connectivity index (χ4n) is 3.66. The summed E-state index contributed by atoms with van der Waals surface area (Å²) >= 11 is 0. The summed E-state index contributed by atoms with van der Waals surface area (Å²) in [6.45, 7) is 1.91. The quantitative estimate of drug-likeness (QED) is 0.424. The van der Waals surface area contributed by atoms with Crippen LogP contribution in [0, 0.1) is 17.0 Å².